The highest BCUT2D eigenvalue weighted by atomic mass is 32.1. The molecule has 1 aliphatic rings. The van der Waals surface area contributed by atoms with E-state index >= 15 is 0 Å². The summed E-state index contributed by atoms with van der Waals surface area (Å²) in [5.41, 5.74) is 5.14. The summed E-state index contributed by atoms with van der Waals surface area (Å²) in [6.07, 6.45) is -0.227. The summed E-state index contributed by atoms with van der Waals surface area (Å²) in [6, 6.07) is 14.2. The van der Waals surface area contributed by atoms with Gasteiger partial charge in [-0.25, -0.2) is 9.91 Å². The van der Waals surface area contributed by atoms with Crippen LogP contribution in [0, 0.1) is 13.8 Å². The summed E-state index contributed by atoms with van der Waals surface area (Å²) in [4.78, 5) is 54.7. The zero-order chi connectivity index (χ0) is 25.1. The molecular weight excluding hydrogens is 466 g/mol. The molecule has 0 bridgehead atoms. The third kappa shape index (κ3) is 4.95. The molecule has 1 atom stereocenters. The van der Waals surface area contributed by atoms with Crippen LogP contribution in [0.5, 0.6) is 5.75 Å². The number of thiophene rings is 1. The van der Waals surface area contributed by atoms with Gasteiger partial charge in [0.25, 0.3) is 11.8 Å². The lowest BCUT2D eigenvalue weighted by Gasteiger charge is -2.28. The van der Waals surface area contributed by atoms with Crippen LogP contribution in [0.15, 0.2) is 60.0 Å². The van der Waals surface area contributed by atoms with Crippen LogP contribution in [0.4, 0.5) is 5.69 Å². The van der Waals surface area contributed by atoms with Gasteiger partial charge in [-0.3, -0.25) is 24.6 Å². The number of aryl methyl sites for hydroxylation is 2. The van der Waals surface area contributed by atoms with E-state index in [0.29, 0.717) is 5.69 Å². The number of nitrogens with one attached hydrogen (secondary N) is 1. The SMILES string of the molecule is COc1ccccc1C(=O)N(NC(=O)Cc1cccs1)C1CC(=O)N(c2ccc(C)c(C)c2)C1=O. The number of hydrogen-bond acceptors (Lipinski definition) is 6. The zero-order valence-electron chi connectivity index (χ0n) is 19.6. The molecule has 1 N–H and O–H groups in total. The summed E-state index contributed by atoms with van der Waals surface area (Å²) < 4.78 is 5.31. The van der Waals surface area contributed by atoms with E-state index in [4.69, 9.17) is 4.74 Å². The summed E-state index contributed by atoms with van der Waals surface area (Å²) in [6.45, 7) is 3.83. The topological polar surface area (TPSA) is 96.0 Å². The van der Waals surface area contributed by atoms with Crippen LogP contribution in [0.1, 0.15) is 32.8 Å². The molecular formula is C26H25N3O5S. The fourth-order valence-electron chi connectivity index (χ4n) is 3.92. The number of nitrogens with zero attached hydrogens (tertiary/aromatic N) is 2. The molecule has 180 valence electrons. The Balaban J connectivity index is 1.67. The third-order valence-electron chi connectivity index (χ3n) is 5.90. The van der Waals surface area contributed by atoms with Crippen LogP contribution in [0.25, 0.3) is 0 Å². The number of benzene rings is 2. The lowest BCUT2D eigenvalue weighted by molar-refractivity contribution is -0.128. The normalized spacial score (nSPS) is 15.3. The molecule has 0 saturated carbocycles. The molecule has 1 saturated heterocycles. The van der Waals surface area contributed by atoms with E-state index < -0.39 is 29.7 Å². The Kier molecular flexibility index (Phi) is 6.97. The van der Waals surface area contributed by atoms with Crippen molar-refractivity contribution in [1.29, 1.82) is 0 Å². The zero-order valence-corrected chi connectivity index (χ0v) is 20.4. The second kappa shape index (κ2) is 10.1. The van der Waals surface area contributed by atoms with Gasteiger partial charge in [0.15, 0.2) is 0 Å². The maximum Gasteiger partial charge on any atom is 0.276 e. The number of para-hydroxylation sites is 1. The first-order chi connectivity index (χ1) is 16.8. The molecule has 8 nitrogen and oxygen atoms in total. The molecule has 2 heterocycles. The Morgan fingerprint density at radius 2 is 1.86 bits per heavy atom. The summed E-state index contributed by atoms with van der Waals surface area (Å²) in [5, 5.41) is 2.82. The molecule has 3 aromatic rings. The second-order valence-electron chi connectivity index (χ2n) is 8.22. The second-order valence-corrected chi connectivity index (χ2v) is 9.25. The molecule has 4 rings (SSSR count). The molecule has 0 aliphatic carbocycles. The van der Waals surface area contributed by atoms with Crippen molar-refractivity contribution in [2.45, 2.75) is 32.7 Å². The first-order valence-electron chi connectivity index (χ1n) is 11.0. The molecule has 2 aromatic carbocycles. The van der Waals surface area contributed by atoms with E-state index in [1.165, 1.54) is 18.4 Å². The minimum absolute atomic E-state index is 0.0309. The van der Waals surface area contributed by atoms with Gasteiger partial charge < -0.3 is 4.74 Å². The van der Waals surface area contributed by atoms with E-state index in [0.717, 1.165) is 25.9 Å². The number of carbonyl (C=O) groups is 4. The Morgan fingerprint density at radius 1 is 1.09 bits per heavy atom. The quantitative estimate of drug-likeness (QED) is 0.421. The molecule has 1 aromatic heterocycles. The van der Waals surface area contributed by atoms with Crippen molar-refractivity contribution < 1.29 is 23.9 Å². The van der Waals surface area contributed by atoms with Crippen molar-refractivity contribution in [2.75, 3.05) is 12.0 Å². The predicted octanol–water partition coefficient (Wildman–Crippen LogP) is 3.42. The van der Waals surface area contributed by atoms with Crippen LogP contribution in [0.3, 0.4) is 0 Å². The van der Waals surface area contributed by atoms with Gasteiger partial charge in [-0.1, -0.05) is 24.3 Å². The first kappa shape index (κ1) is 24.2. The molecule has 4 amide bonds. The van der Waals surface area contributed by atoms with Gasteiger partial charge in [-0.2, -0.15) is 0 Å². The first-order valence-corrected chi connectivity index (χ1v) is 11.9. The van der Waals surface area contributed by atoms with Crippen LogP contribution in [-0.2, 0) is 20.8 Å². The number of rotatable bonds is 6. The Bertz CT molecular complexity index is 1290. The highest BCUT2D eigenvalue weighted by Gasteiger charge is 2.46. The lowest BCUT2D eigenvalue weighted by atomic mass is 10.1. The van der Waals surface area contributed by atoms with Crippen LogP contribution >= 0.6 is 11.3 Å². The maximum absolute atomic E-state index is 13.6. The average molecular weight is 492 g/mol. The molecule has 1 aliphatic heterocycles. The van der Waals surface area contributed by atoms with Crippen molar-refractivity contribution >= 4 is 40.7 Å². The molecule has 1 fully saturated rings. The largest absolute Gasteiger partial charge is 0.496 e. The van der Waals surface area contributed by atoms with Gasteiger partial charge in [0.2, 0.25) is 11.8 Å². The minimum atomic E-state index is -1.20. The standard InChI is InChI=1S/C26H25N3O5S/c1-16-10-11-18(13-17(16)2)28-24(31)15-21(26(28)33)29(27-23(30)14-19-7-6-12-35-19)25(32)20-8-4-5-9-22(20)34-3/h4-13,21H,14-15H2,1-3H3,(H,27,30). The molecule has 35 heavy (non-hydrogen) atoms. The lowest BCUT2D eigenvalue weighted by Crippen LogP contribution is -2.55. The van der Waals surface area contributed by atoms with E-state index in [1.807, 2.05) is 37.4 Å². The van der Waals surface area contributed by atoms with Crippen LogP contribution in [0.2, 0.25) is 0 Å². The minimum Gasteiger partial charge on any atom is -0.496 e. The number of amides is 4. The Labute approximate surface area is 207 Å². The highest BCUT2D eigenvalue weighted by molar-refractivity contribution is 7.10. The van der Waals surface area contributed by atoms with Crippen molar-refractivity contribution in [3.05, 3.63) is 81.5 Å². The number of carbonyl (C=O) groups excluding carboxylic acids is 4. The fraction of sp³-hybridized carbons (Fsp3) is 0.231. The average Bonchev–Trinajstić information content (AvgIpc) is 3.46. The number of imide groups is 1. The van der Waals surface area contributed by atoms with Crippen LogP contribution in [-0.4, -0.2) is 41.8 Å². The van der Waals surface area contributed by atoms with Crippen molar-refractivity contribution in [3.8, 4) is 5.75 Å². The summed E-state index contributed by atoms with van der Waals surface area (Å²) >= 11 is 1.41. The van der Waals surface area contributed by atoms with Gasteiger partial charge in [0.1, 0.15) is 11.8 Å². The van der Waals surface area contributed by atoms with Crippen molar-refractivity contribution in [2.24, 2.45) is 0 Å². The summed E-state index contributed by atoms with van der Waals surface area (Å²) in [7, 11) is 1.43. The number of hydrazine groups is 1. The fourth-order valence-corrected chi connectivity index (χ4v) is 4.62. The highest BCUT2D eigenvalue weighted by Crippen LogP contribution is 2.29. The Hall–Kier alpha value is -3.98. The van der Waals surface area contributed by atoms with E-state index in [1.54, 1.807) is 36.4 Å². The molecule has 0 radical (unpaired) electrons. The van der Waals surface area contributed by atoms with Gasteiger partial charge >= 0.3 is 0 Å². The number of hydrogen-bond donors (Lipinski definition) is 1. The van der Waals surface area contributed by atoms with Crippen molar-refractivity contribution in [3.63, 3.8) is 0 Å². The molecule has 0 spiro atoms. The Morgan fingerprint density at radius 3 is 2.54 bits per heavy atom. The van der Waals surface area contributed by atoms with Gasteiger partial charge in [0, 0.05) is 4.88 Å². The predicted molar refractivity (Wildman–Crippen MR) is 132 cm³/mol. The maximum atomic E-state index is 13.6. The number of ether oxygens (including phenoxy) is 1. The number of anilines is 1. The van der Waals surface area contributed by atoms with Gasteiger partial charge in [-0.05, 0) is 60.7 Å². The van der Waals surface area contributed by atoms with E-state index in [-0.39, 0.29) is 24.2 Å². The third-order valence-corrected chi connectivity index (χ3v) is 6.78. The van der Waals surface area contributed by atoms with Gasteiger partial charge in [0.05, 0.1) is 31.2 Å². The monoisotopic (exact) mass is 491 g/mol. The molecule has 9 heteroatoms. The van der Waals surface area contributed by atoms with Crippen molar-refractivity contribution in [1.82, 2.24) is 10.4 Å². The van der Waals surface area contributed by atoms with E-state index in [9.17, 15) is 19.2 Å². The molecule has 1 unspecified atom stereocenters. The van der Waals surface area contributed by atoms with Crippen LogP contribution < -0.4 is 15.1 Å². The smallest absolute Gasteiger partial charge is 0.276 e. The van der Waals surface area contributed by atoms with E-state index in [2.05, 4.69) is 5.43 Å². The summed E-state index contributed by atoms with van der Waals surface area (Å²) in [5.74, 6) is -1.86. The number of methoxy groups -OCH3 is 1. The van der Waals surface area contributed by atoms with Gasteiger partial charge in [-0.15, -0.1) is 11.3 Å².